The summed E-state index contributed by atoms with van der Waals surface area (Å²) in [5.74, 6) is 0. The quantitative estimate of drug-likeness (QED) is 0.864. The van der Waals surface area contributed by atoms with Gasteiger partial charge in [0.1, 0.15) is 0 Å². The Balaban J connectivity index is 0.00000289. The number of nitrogens with one attached hydrogen (secondary N) is 1. The second kappa shape index (κ2) is 6.16. The van der Waals surface area contributed by atoms with E-state index in [1.165, 1.54) is 18.2 Å². The summed E-state index contributed by atoms with van der Waals surface area (Å²) in [4.78, 5) is 0.0702. The maximum Gasteiger partial charge on any atom is 0.240 e. The topological polar surface area (TPSA) is 96.0 Å². The highest BCUT2D eigenvalue weighted by Crippen LogP contribution is 2.11. The van der Waals surface area contributed by atoms with Gasteiger partial charge in [0.25, 0.3) is 0 Å². The van der Waals surface area contributed by atoms with Gasteiger partial charge in [-0.05, 0) is 32.0 Å². The van der Waals surface area contributed by atoms with E-state index in [1.54, 1.807) is 19.9 Å². The third-order valence-electron chi connectivity index (χ3n) is 1.99. The highest BCUT2D eigenvalue weighted by Gasteiger charge is 2.18. The first-order chi connectivity index (χ1) is 7.74. The summed E-state index contributed by atoms with van der Waals surface area (Å²) in [6, 6.07) is 7.73. The molecular weight excluding hydrogens is 274 g/mol. The van der Waals surface area contributed by atoms with E-state index in [0.29, 0.717) is 5.56 Å². The van der Waals surface area contributed by atoms with Crippen LogP contribution in [-0.4, -0.2) is 20.5 Å². The average Bonchev–Trinajstić information content (AvgIpc) is 2.26. The van der Waals surface area contributed by atoms with Gasteiger partial charge in [-0.1, -0.05) is 6.07 Å². The first kappa shape index (κ1) is 16.9. The first-order valence-corrected chi connectivity index (χ1v) is 6.52. The highest BCUT2D eigenvalue weighted by molar-refractivity contribution is 7.89. The van der Waals surface area contributed by atoms with Crippen LogP contribution in [0.1, 0.15) is 19.4 Å². The van der Waals surface area contributed by atoms with Gasteiger partial charge in [0, 0.05) is 12.1 Å². The maximum absolute atomic E-state index is 11.9. The Morgan fingerprint density at radius 2 is 2.06 bits per heavy atom. The molecule has 3 N–H and O–H groups in total. The number of sulfonamides is 1. The van der Waals surface area contributed by atoms with E-state index < -0.39 is 15.6 Å². The third kappa shape index (κ3) is 5.02. The summed E-state index contributed by atoms with van der Waals surface area (Å²) in [6.07, 6.45) is 0. The normalized spacial score (nSPS) is 11.4. The van der Waals surface area contributed by atoms with Crippen molar-refractivity contribution in [2.75, 3.05) is 6.54 Å². The summed E-state index contributed by atoms with van der Waals surface area (Å²) in [6.45, 7) is 3.58. The standard InChI is InChI=1S/C11H15N3O2S.ClH/c1-11(2,13)8-14-17(15,16)10-5-3-4-9(6-10)7-12;/h3-6,14H,8,13H2,1-2H3;1H. The van der Waals surface area contributed by atoms with E-state index in [-0.39, 0.29) is 23.8 Å². The Bertz CT molecular complexity index is 544. The average molecular weight is 290 g/mol. The zero-order valence-corrected chi connectivity index (χ0v) is 11.8. The molecular formula is C11H16ClN3O2S. The summed E-state index contributed by atoms with van der Waals surface area (Å²) < 4.78 is 26.1. The largest absolute Gasteiger partial charge is 0.324 e. The number of nitrogens with zero attached hydrogens (tertiary/aromatic N) is 1. The van der Waals surface area contributed by atoms with E-state index in [1.807, 2.05) is 6.07 Å². The number of halogens is 1. The minimum atomic E-state index is -3.61. The predicted molar refractivity (Wildman–Crippen MR) is 71.9 cm³/mol. The van der Waals surface area contributed by atoms with Crippen LogP contribution in [0.4, 0.5) is 0 Å². The molecule has 1 aromatic rings. The zero-order valence-electron chi connectivity index (χ0n) is 10.2. The molecule has 18 heavy (non-hydrogen) atoms. The second-order valence-electron chi connectivity index (χ2n) is 4.45. The molecule has 0 aliphatic heterocycles. The Kier molecular flexibility index (Phi) is 5.77. The summed E-state index contributed by atoms with van der Waals surface area (Å²) in [5, 5.41) is 8.70. The van der Waals surface area contributed by atoms with Crippen molar-refractivity contribution in [3.05, 3.63) is 29.8 Å². The summed E-state index contributed by atoms with van der Waals surface area (Å²) in [7, 11) is -3.61. The SMILES string of the molecule is CC(C)(N)CNS(=O)(=O)c1cccc(C#N)c1.Cl. The Morgan fingerprint density at radius 1 is 1.44 bits per heavy atom. The van der Waals surface area contributed by atoms with Gasteiger partial charge in [0.2, 0.25) is 10.0 Å². The Hall–Kier alpha value is -1.13. The molecule has 0 radical (unpaired) electrons. The van der Waals surface area contributed by atoms with Gasteiger partial charge >= 0.3 is 0 Å². The second-order valence-corrected chi connectivity index (χ2v) is 6.22. The number of hydrogen-bond acceptors (Lipinski definition) is 4. The predicted octanol–water partition coefficient (Wildman–Crippen LogP) is 0.996. The van der Waals surface area contributed by atoms with Crippen molar-refractivity contribution in [3.63, 3.8) is 0 Å². The van der Waals surface area contributed by atoms with E-state index >= 15 is 0 Å². The smallest absolute Gasteiger partial charge is 0.240 e. The van der Waals surface area contributed by atoms with Crippen molar-refractivity contribution in [3.8, 4) is 6.07 Å². The van der Waals surface area contributed by atoms with Crippen LogP contribution in [0.5, 0.6) is 0 Å². The zero-order chi connectivity index (χ0) is 13.1. The lowest BCUT2D eigenvalue weighted by molar-refractivity contribution is 0.498. The molecule has 5 nitrogen and oxygen atoms in total. The molecule has 1 rings (SSSR count). The fraction of sp³-hybridized carbons (Fsp3) is 0.364. The van der Waals surface area contributed by atoms with Crippen molar-refractivity contribution in [1.82, 2.24) is 4.72 Å². The number of benzene rings is 1. The lowest BCUT2D eigenvalue weighted by Gasteiger charge is -2.18. The Labute approximate surface area is 113 Å². The summed E-state index contributed by atoms with van der Waals surface area (Å²) >= 11 is 0. The lowest BCUT2D eigenvalue weighted by Crippen LogP contribution is -2.45. The molecule has 0 heterocycles. The summed E-state index contributed by atoms with van der Waals surface area (Å²) in [5.41, 5.74) is 5.38. The molecule has 0 aromatic heterocycles. The van der Waals surface area contributed by atoms with E-state index in [4.69, 9.17) is 11.0 Å². The van der Waals surface area contributed by atoms with Gasteiger partial charge in [0.15, 0.2) is 0 Å². The Morgan fingerprint density at radius 3 is 2.56 bits per heavy atom. The van der Waals surface area contributed by atoms with Gasteiger partial charge in [-0.3, -0.25) is 0 Å². The minimum Gasteiger partial charge on any atom is -0.324 e. The molecule has 0 aliphatic carbocycles. The molecule has 0 unspecified atom stereocenters. The van der Waals surface area contributed by atoms with Crippen LogP contribution in [-0.2, 0) is 10.0 Å². The molecule has 0 aliphatic rings. The van der Waals surface area contributed by atoms with Crippen molar-refractivity contribution in [2.45, 2.75) is 24.3 Å². The third-order valence-corrected chi connectivity index (χ3v) is 3.39. The van der Waals surface area contributed by atoms with Gasteiger partial charge < -0.3 is 5.73 Å². The number of nitriles is 1. The van der Waals surface area contributed by atoms with Gasteiger partial charge in [0.05, 0.1) is 16.5 Å². The maximum atomic E-state index is 11.9. The molecule has 0 atom stereocenters. The molecule has 1 aromatic carbocycles. The highest BCUT2D eigenvalue weighted by atomic mass is 35.5. The van der Waals surface area contributed by atoms with Crippen LogP contribution < -0.4 is 10.5 Å². The molecule has 0 amide bonds. The van der Waals surface area contributed by atoms with Crippen molar-refractivity contribution < 1.29 is 8.42 Å². The van der Waals surface area contributed by atoms with Crippen molar-refractivity contribution >= 4 is 22.4 Å². The monoisotopic (exact) mass is 289 g/mol. The van der Waals surface area contributed by atoms with Crippen LogP contribution in [0.25, 0.3) is 0 Å². The number of rotatable bonds is 4. The molecule has 0 saturated carbocycles. The van der Waals surface area contributed by atoms with Gasteiger partial charge in [-0.15, -0.1) is 12.4 Å². The molecule has 7 heteroatoms. The number of hydrogen-bond donors (Lipinski definition) is 2. The molecule has 0 spiro atoms. The van der Waals surface area contributed by atoms with E-state index in [2.05, 4.69) is 4.72 Å². The van der Waals surface area contributed by atoms with Crippen LogP contribution >= 0.6 is 12.4 Å². The van der Waals surface area contributed by atoms with Gasteiger partial charge in [-0.2, -0.15) is 5.26 Å². The molecule has 100 valence electrons. The van der Waals surface area contributed by atoms with Crippen LogP contribution in [0, 0.1) is 11.3 Å². The van der Waals surface area contributed by atoms with E-state index in [0.717, 1.165) is 0 Å². The first-order valence-electron chi connectivity index (χ1n) is 5.03. The fourth-order valence-electron chi connectivity index (χ4n) is 1.10. The molecule has 0 bridgehead atoms. The molecule has 0 saturated heterocycles. The number of nitrogens with two attached hydrogens (primary N) is 1. The van der Waals surface area contributed by atoms with Crippen LogP contribution in [0.2, 0.25) is 0 Å². The van der Waals surface area contributed by atoms with Crippen molar-refractivity contribution in [2.24, 2.45) is 5.73 Å². The minimum absolute atomic E-state index is 0. The van der Waals surface area contributed by atoms with Crippen LogP contribution in [0.15, 0.2) is 29.2 Å². The molecule has 0 fully saturated rings. The van der Waals surface area contributed by atoms with Crippen molar-refractivity contribution in [1.29, 1.82) is 5.26 Å². The fourth-order valence-corrected chi connectivity index (χ4v) is 2.37. The van der Waals surface area contributed by atoms with Gasteiger partial charge in [-0.25, -0.2) is 13.1 Å². The van der Waals surface area contributed by atoms with Crippen LogP contribution in [0.3, 0.4) is 0 Å². The lowest BCUT2D eigenvalue weighted by atomic mass is 10.1. The van der Waals surface area contributed by atoms with E-state index in [9.17, 15) is 8.42 Å².